The molecule has 2 aromatic carbocycles. The molecule has 0 spiro atoms. The molecule has 1 aliphatic rings. The molecule has 1 N–H and O–H groups in total. The number of carbonyl (C=O) groups excluding carboxylic acids is 2. The summed E-state index contributed by atoms with van der Waals surface area (Å²) in [6.07, 6.45) is 3.67. The summed E-state index contributed by atoms with van der Waals surface area (Å²) in [6.45, 7) is 4.27. The van der Waals surface area contributed by atoms with Crippen molar-refractivity contribution in [2.24, 2.45) is 0 Å². The van der Waals surface area contributed by atoms with Crippen molar-refractivity contribution in [3.05, 3.63) is 65.2 Å². The quantitative estimate of drug-likeness (QED) is 0.699. The van der Waals surface area contributed by atoms with E-state index in [0.717, 1.165) is 22.4 Å². The van der Waals surface area contributed by atoms with E-state index in [4.69, 9.17) is 0 Å². The number of amides is 2. The van der Waals surface area contributed by atoms with Gasteiger partial charge in [0.05, 0.1) is 18.0 Å². The number of rotatable bonds is 6. The zero-order valence-corrected chi connectivity index (χ0v) is 18.8. The molecule has 2 amide bonds. The Kier molecular flexibility index (Phi) is 6.80. The highest BCUT2D eigenvalue weighted by Gasteiger charge is 2.28. The van der Waals surface area contributed by atoms with Crippen LogP contribution in [0, 0.1) is 13.8 Å². The van der Waals surface area contributed by atoms with Crippen molar-refractivity contribution in [1.82, 2.24) is 4.90 Å². The van der Waals surface area contributed by atoms with E-state index in [1.54, 1.807) is 37.4 Å². The topological polar surface area (TPSA) is 86.8 Å². The lowest BCUT2D eigenvalue weighted by Crippen LogP contribution is -2.34. The van der Waals surface area contributed by atoms with Gasteiger partial charge in [0.15, 0.2) is 0 Å². The lowest BCUT2D eigenvalue weighted by molar-refractivity contribution is -0.129. The van der Waals surface area contributed by atoms with Gasteiger partial charge >= 0.3 is 0 Å². The number of carbonyl (C=O) groups is 2. The fourth-order valence-electron chi connectivity index (χ4n) is 3.46. The first kappa shape index (κ1) is 22.6. The Morgan fingerprint density at radius 1 is 1.10 bits per heavy atom. The first-order valence-corrected chi connectivity index (χ1v) is 11.7. The fourth-order valence-corrected chi connectivity index (χ4v) is 5.02. The van der Waals surface area contributed by atoms with Crippen molar-refractivity contribution < 1.29 is 18.0 Å². The fraction of sp³-hybridized carbons (Fsp3) is 0.304. The minimum atomic E-state index is -3.21. The molecular formula is C23H27N3O4S. The molecule has 3 rings (SSSR count). The lowest BCUT2D eigenvalue weighted by Gasteiger charge is -2.17. The Balaban J connectivity index is 1.57. The molecule has 1 fully saturated rings. The van der Waals surface area contributed by atoms with Crippen molar-refractivity contribution in [2.45, 2.75) is 20.3 Å². The molecule has 0 saturated carbocycles. The molecule has 0 atom stereocenters. The zero-order valence-electron chi connectivity index (χ0n) is 18.0. The third-order valence-electron chi connectivity index (χ3n) is 5.20. The standard InChI is InChI=1S/C23H27N3O4S/c1-17-6-4-7-18(2)23(17)24-21(27)16-25(3)22(28)13-10-19-8-11-20(12-9-19)26-14-5-15-31(26,29)30/h4,6-13H,5,14-16H2,1-3H3,(H,24,27)/b13-10+. The highest BCUT2D eigenvalue weighted by Crippen LogP contribution is 2.24. The van der Waals surface area contributed by atoms with Gasteiger partial charge in [0.1, 0.15) is 0 Å². The lowest BCUT2D eigenvalue weighted by atomic mass is 10.1. The monoisotopic (exact) mass is 441 g/mol. The molecule has 2 aromatic rings. The molecule has 0 aliphatic carbocycles. The molecule has 1 aliphatic heterocycles. The second-order valence-electron chi connectivity index (χ2n) is 7.68. The number of aryl methyl sites for hydroxylation is 2. The average Bonchev–Trinajstić information content (AvgIpc) is 3.08. The maximum absolute atomic E-state index is 12.4. The van der Waals surface area contributed by atoms with Crippen LogP contribution in [0.15, 0.2) is 48.5 Å². The normalized spacial score (nSPS) is 15.3. The number of likely N-dealkylation sites (N-methyl/N-ethyl adjacent to an activating group) is 1. The molecule has 31 heavy (non-hydrogen) atoms. The Morgan fingerprint density at radius 3 is 2.32 bits per heavy atom. The predicted molar refractivity (Wildman–Crippen MR) is 123 cm³/mol. The van der Waals surface area contributed by atoms with Crippen LogP contribution in [0.4, 0.5) is 11.4 Å². The third-order valence-corrected chi connectivity index (χ3v) is 7.07. The van der Waals surface area contributed by atoms with Crippen LogP contribution in [0.25, 0.3) is 6.08 Å². The summed E-state index contributed by atoms with van der Waals surface area (Å²) in [7, 11) is -1.65. The number of sulfonamides is 1. The van der Waals surface area contributed by atoms with E-state index in [1.165, 1.54) is 15.3 Å². The van der Waals surface area contributed by atoms with E-state index in [1.807, 2.05) is 32.0 Å². The predicted octanol–water partition coefficient (Wildman–Crippen LogP) is 2.95. The van der Waals surface area contributed by atoms with Gasteiger partial charge in [-0.1, -0.05) is 30.3 Å². The van der Waals surface area contributed by atoms with Crippen LogP contribution in [0.5, 0.6) is 0 Å². The minimum Gasteiger partial charge on any atom is -0.333 e. The van der Waals surface area contributed by atoms with Gasteiger partial charge in [-0.15, -0.1) is 0 Å². The molecule has 7 nitrogen and oxygen atoms in total. The van der Waals surface area contributed by atoms with Gasteiger partial charge in [0.25, 0.3) is 0 Å². The number of anilines is 2. The van der Waals surface area contributed by atoms with Gasteiger partial charge < -0.3 is 10.2 Å². The van der Waals surface area contributed by atoms with Crippen molar-refractivity contribution in [1.29, 1.82) is 0 Å². The molecule has 0 aromatic heterocycles. The summed E-state index contributed by atoms with van der Waals surface area (Å²) in [5.41, 5.74) is 4.09. The molecule has 1 heterocycles. The van der Waals surface area contributed by atoms with E-state index >= 15 is 0 Å². The van der Waals surface area contributed by atoms with Crippen LogP contribution >= 0.6 is 0 Å². The van der Waals surface area contributed by atoms with Gasteiger partial charge in [-0.2, -0.15) is 0 Å². The van der Waals surface area contributed by atoms with Crippen molar-refractivity contribution in [3.63, 3.8) is 0 Å². The molecule has 0 radical (unpaired) electrons. The van der Waals surface area contributed by atoms with Crippen LogP contribution in [0.1, 0.15) is 23.1 Å². The molecule has 0 unspecified atom stereocenters. The maximum atomic E-state index is 12.4. The van der Waals surface area contributed by atoms with Crippen molar-refractivity contribution in [3.8, 4) is 0 Å². The average molecular weight is 442 g/mol. The van der Waals surface area contributed by atoms with E-state index in [0.29, 0.717) is 18.7 Å². The zero-order chi connectivity index (χ0) is 22.6. The van der Waals surface area contributed by atoms with Gasteiger partial charge in [0, 0.05) is 25.4 Å². The second kappa shape index (κ2) is 9.34. The molecule has 0 bridgehead atoms. The Bertz CT molecular complexity index is 1090. The summed E-state index contributed by atoms with van der Waals surface area (Å²) in [6, 6.07) is 12.8. The number of nitrogens with one attached hydrogen (secondary N) is 1. The highest BCUT2D eigenvalue weighted by molar-refractivity contribution is 7.93. The number of hydrogen-bond donors (Lipinski definition) is 1. The largest absolute Gasteiger partial charge is 0.333 e. The van der Waals surface area contributed by atoms with Crippen molar-refractivity contribution in [2.75, 3.05) is 35.5 Å². The van der Waals surface area contributed by atoms with Gasteiger partial charge in [-0.05, 0) is 55.2 Å². The Hall–Kier alpha value is -3.13. The smallest absolute Gasteiger partial charge is 0.246 e. The Labute approximate surface area is 183 Å². The van der Waals surface area contributed by atoms with Crippen molar-refractivity contribution >= 4 is 39.3 Å². The van der Waals surface area contributed by atoms with Gasteiger partial charge in [-0.3, -0.25) is 13.9 Å². The molecular weight excluding hydrogens is 414 g/mol. The van der Waals surface area contributed by atoms with E-state index in [9.17, 15) is 18.0 Å². The first-order valence-electron chi connectivity index (χ1n) is 10.1. The van der Waals surface area contributed by atoms with Crippen LogP contribution in [0.3, 0.4) is 0 Å². The first-order chi connectivity index (χ1) is 14.7. The summed E-state index contributed by atoms with van der Waals surface area (Å²) < 4.78 is 25.4. The maximum Gasteiger partial charge on any atom is 0.246 e. The summed E-state index contributed by atoms with van der Waals surface area (Å²) in [4.78, 5) is 26.0. The molecule has 164 valence electrons. The molecule has 8 heteroatoms. The van der Waals surface area contributed by atoms with E-state index in [-0.39, 0.29) is 24.1 Å². The highest BCUT2D eigenvalue weighted by atomic mass is 32.2. The number of para-hydroxylation sites is 1. The summed E-state index contributed by atoms with van der Waals surface area (Å²) in [5, 5.41) is 2.87. The second-order valence-corrected chi connectivity index (χ2v) is 9.69. The van der Waals surface area contributed by atoms with Crippen LogP contribution < -0.4 is 9.62 Å². The Morgan fingerprint density at radius 2 is 1.74 bits per heavy atom. The summed E-state index contributed by atoms with van der Waals surface area (Å²) >= 11 is 0. The van der Waals surface area contributed by atoms with Crippen LogP contribution in [0.2, 0.25) is 0 Å². The molecule has 1 saturated heterocycles. The SMILES string of the molecule is Cc1cccc(C)c1NC(=O)CN(C)C(=O)/C=C/c1ccc(N2CCCS2(=O)=O)cc1. The van der Waals surface area contributed by atoms with Crippen LogP contribution in [-0.2, 0) is 19.6 Å². The summed E-state index contributed by atoms with van der Waals surface area (Å²) in [5.74, 6) is -0.396. The number of benzene rings is 2. The third kappa shape index (κ3) is 5.52. The van der Waals surface area contributed by atoms with Gasteiger partial charge in [0.2, 0.25) is 21.8 Å². The minimum absolute atomic E-state index is 0.0668. The van der Waals surface area contributed by atoms with Gasteiger partial charge in [-0.25, -0.2) is 8.42 Å². The van der Waals surface area contributed by atoms with E-state index in [2.05, 4.69) is 5.32 Å². The number of nitrogens with zero attached hydrogens (tertiary/aromatic N) is 2. The van der Waals surface area contributed by atoms with E-state index < -0.39 is 10.0 Å². The van der Waals surface area contributed by atoms with Crippen LogP contribution in [-0.4, -0.2) is 51.0 Å². The number of hydrogen-bond acceptors (Lipinski definition) is 4.